The Morgan fingerprint density at radius 3 is 2.77 bits per heavy atom. The first-order valence-corrected chi connectivity index (χ1v) is 7.53. The summed E-state index contributed by atoms with van der Waals surface area (Å²) >= 11 is 0.731. The highest BCUT2D eigenvalue weighted by Gasteiger charge is 2.36. The van der Waals surface area contributed by atoms with Crippen molar-refractivity contribution in [3.05, 3.63) is 34.7 Å². The molecule has 1 heterocycles. The molecule has 0 saturated carbocycles. The molecule has 1 fully saturated rings. The lowest BCUT2D eigenvalue weighted by Crippen LogP contribution is -2.33. The molecule has 22 heavy (non-hydrogen) atoms. The first-order valence-electron chi connectivity index (χ1n) is 6.72. The number of amides is 2. The third kappa shape index (κ3) is 3.67. The van der Waals surface area contributed by atoms with Crippen molar-refractivity contribution in [2.24, 2.45) is 0 Å². The Balaban J connectivity index is 2.25. The molecule has 6 nitrogen and oxygen atoms in total. The van der Waals surface area contributed by atoms with Crippen molar-refractivity contribution >= 4 is 35.0 Å². The molecule has 0 radical (unpaired) electrons. The maximum absolute atomic E-state index is 12.1. The van der Waals surface area contributed by atoms with Gasteiger partial charge in [0, 0.05) is 5.56 Å². The van der Waals surface area contributed by atoms with E-state index >= 15 is 0 Å². The lowest BCUT2D eigenvalue weighted by atomic mass is 10.2. The lowest BCUT2D eigenvalue weighted by molar-refractivity contribution is -0.140. The van der Waals surface area contributed by atoms with Crippen molar-refractivity contribution in [3.8, 4) is 5.75 Å². The summed E-state index contributed by atoms with van der Waals surface area (Å²) in [6.45, 7) is 1.90. The summed E-state index contributed by atoms with van der Waals surface area (Å²) in [6, 6.07) is 7.17. The number of para-hydroxylation sites is 1. The summed E-state index contributed by atoms with van der Waals surface area (Å²) in [4.78, 5) is 35.4. The molecule has 2 rings (SSSR count). The third-order valence-electron chi connectivity index (χ3n) is 2.83. The maximum atomic E-state index is 12.1. The fourth-order valence-electron chi connectivity index (χ4n) is 1.86. The van der Waals surface area contributed by atoms with Crippen molar-refractivity contribution in [1.82, 2.24) is 4.90 Å². The van der Waals surface area contributed by atoms with Gasteiger partial charge in [0.05, 0.1) is 11.5 Å². The highest BCUT2D eigenvalue weighted by molar-refractivity contribution is 8.18. The average Bonchev–Trinajstić information content (AvgIpc) is 2.73. The second kappa shape index (κ2) is 7.13. The van der Waals surface area contributed by atoms with E-state index in [1.165, 1.54) is 0 Å². The van der Waals surface area contributed by atoms with E-state index in [2.05, 4.69) is 0 Å². The zero-order chi connectivity index (χ0) is 16.1. The first-order chi connectivity index (χ1) is 10.5. The largest absolute Gasteiger partial charge is 0.493 e. The van der Waals surface area contributed by atoms with Crippen LogP contribution in [0.3, 0.4) is 0 Å². The lowest BCUT2D eigenvalue weighted by Gasteiger charge is -2.09. The smallest absolute Gasteiger partial charge is 0.323 e. The summed E-state index contributed by atoms with van der Waals surface area (Å²) in [6.07, 6.45) is 2.40. The molecule has 0 atom stereocenters. The summed E-state index contributed by atoms with van der Waals surface area (Å²) < 4.78 is 5.59. The molecule has 0 bridgehead atoms. The molecular weight excluding hydrogens is 306 g/mol. The van der Waals surface area contributed by atoms with Crippen molar-refractivity contribution in [2.75, 3.05) is 13.2 Å². The molecule has 0 unspecified atom stereocenters. The van der Waals surface area contributed by atoms with Gasteiger partial charge >= 0.3 is 5.97 Å². The van der Waals surface area contributed by atoms with Gasteiger partial charge in [-0.25, -0.2) is 0 Å². The fraction of sp³-hybridized carbons (Fsp3) is 0.267. The van der Waals surface area contributed by atoms with E-state index in [4.69, 9.17) is 9.84 Å². The summed E-state index contributed by atoms with van der Waals surface area (Å²) in [7, 11) is 0. The van der Waals surface area contributed by atoms with Gasteiger partial charge in [0.25, 0.3) is 11.1 Å². The monoisotopic (exact) mass is 321 g/mol. The number of rotatable bonds is 6. The highest BCUT2D eigenvalue weighted by Crippen LogP contribution is 2.33. The Labute approximate surface area is 131 Å². The molecule has 1 aromatic rings. The number of carboxylic acid groups (broad SMARTS) is 1. The average molecular weight is 321 g/mol. The maximum Gasteiger partial charge on any atom is 0.323 e. The number of carbonyl (C=O) groups excluding carboxylic acids is 2. The molecule has 1 aliphatic heterocycles. The standard InChI is InChI=1S/C15H15NO5S/c1-2-7-21-11-6-4-3-5-10(11)8-12-14(19)16(9-13(17)18)15(20)22-12/h3-6,8H,2,7,9H2,1H3,(H,17,18)/b12-8-. The van der Waals surface area contributed by atoms with Crippen LogP contribution in [0.2, 0.25) is 0 Å². The molecule has 0 spiro atoms. The molecule has 2 amide bonds. The number of nitrogens with zero attached hydrogens (tertiary/aromatic N) is 1. The minimum absolute atomic E-state index is 0.193. The molecule has 7 heteroatoms. The fourth-order valence-corrected chi connectivity index (χ4v) is 2.69. The number of thioether (sulfide) groups is 1. The number of aliphatic carboxylic acids is 1. The van der Waals surface area contributed by atoms with E-state index in [9.17, 15) is 14.4 Å². The SMILES string of the molecule is CCCOc1ccccc1/C=C1\SC(=O)N(CC(=O)O)C1=O. The van der Waals surface area contributed by atoms with Gasteiger partial charge in [0.15, 0.2) is 0 Å². The summed E-state index contributed by atoms with van der Waals surface area (Å²) in [5.74, 6) is -1.20. The highest BCUT2D eigenvalue weighted by atomic mass is 32.2. The van der Waals surface area contributed by atoms with Gasteiger partial charge in [0.2, 0.25) is 0 Å². The Hall–Kier alpha value is -2.28. The first kappa shape index (κ1) is 16.1. The quantitative estimate of drug-likeness (QED) is 0.811. The number of imide groups is 1. The van der Waals surface area contributed by atoms with Crippen LogP contribution >= 0.6 is 11.8 Å². The van der Waals surface area contributed by atoms with Gasteiger partial charge in [-0.3, -0.25) is 19.3 Å². The predicted molar refractivity (Wildman–Crippen MR) is 82.5 cm³/mol. The molecule has 1 saturated heterocycles. The van der Waals surface area contributed by atoms with Crippen LogP contribution in [0, 0.1) is 0 Å². The molecule has 1 aliphatic rings. The van der Waals surface area contributed by atoms with Gasteiger partial charge < -0.3 is 9.84 Å². The van der Waals surface area contributed by atoms with Gasteiger partial charge in [-0.1, -0.05) is 25.1 Å². The molecule has 0 aromatic heterocycles. The van der Waals surface area contributed by atoms with Crippen LogP contribution in [-0.4, -0.2) is 40.3 Å². The Kier molecular flexibility index (Phi) is 5.21. The third-order valence-corrected chi connectivity index (χ3v) is 3.74. The number of ether oxygens (including phenoxy) is 1. The van der Waals surface area contributed by atoms with E-state index < -0.39 is 23.7 Å². The minimum Gasteiger partial charge on any atom is -0.493 e. The summed E-state index contributed by atoms with van der Waals surface area (Å²) in [5.41, 5.74) is 0.678. The molecule has 1 N–H and O–H groups in total. The Morgan fingerprint density at radius 2 is 2.09 bits per heavy atom. The van der Waals surface area contributed by atoms with Crippen LogP contribution in [0.1, 0.15) is 18.9 Å². The number of hydrogen-bond donors (Lipinski definition) is 1. The normalized spacial score (nSPS) is 16.4. The number of benzene rings is 1. The van der Waals surface area contributed by atoms with Gasteiger partial charge in [-0.05, 0) is 30.3 Å². The van der Waals surface area contributed by atoms with E-state index in [0.29, 0.717) is 22.8 Å². The summed E-state index contributed by atoms with van der Waals surface area (Å²) in [5, 5.41) is 8.15. The van der Waals surface area contributed by atoms with Gasteiger partial charge in [0.1, 0.15) is 12.3 Å². The Bertz CT molecular complexity index is 641. The molecule has 0 aliphatic carbocycles. The zero-order valence-electron chi connectivity index (χ0n) is 11.9. The van der Waals surface area contributed by atoms with Crippen molar-refractivity contribution in [2.45, 2.75) is 13.3 Å². The number of carbonyl (C=O) groups is 3. The zero-order valence-corrected chi connectivity index (χ0v) is 12.8. The van der Waals surface area contributed by atoms with Crippen molar-refractivity contribution in [1.29, 1.82) is 0 Å². The van der Waals surface area contributed by atoms with E-state index in [1.54, 1.807) is 24.3 Å². The van der Waals surface area contributed by atoms with Crippen LogP contribution in [0.5, 0.6) is 5.75 Å². The van der Waals surface area contributed by atoms with Crippen LogP contribution < -0.4 is 4.74 Å². The second-order valence-electron chi connectivity index (χ2n) is 4.55. The Morgan fingerprint density at radius 1 is 1.36 bits per heavy atom. The molecular formula is C15H15NO5S. The predicted octanol–water partition coefficient (Wildman–Crippen LogP) is 2.60. The van der Waals surface area contributed by atoms with Gasteiger partial charge in [-0.15, -0.1) is 0 Å². The number of hydrogen-bond acceptors (Lipinski definition) is 5. The van der Waals surface area contributed by atoms with Crippen molar-refractivity contribution < 1.29 is 24.2 Å². The minimum atomic E-state index is -1.23. The van der Waals surface area contributed by atoms with E-state index in [-0.39, 0.29) is 4.91 Å². The number of carboxylic acids is 1. The van der Waals surface area contributed by atoms with Crippen molar-refractivity contribution in [3.63, 3.8) is 0 Å². The molecule has 116 valence electrons. The van der Waals surface area contributed by atoms with Crippen LogP contribution in [-0.2, 0) is 9.59 Å². The second-order valence-corrected chi connectivity index (χ2v) is 5.54. The topological polar surface area (TPSA) is 83.9 Å². The van der Waals surface area contributed by atoms with Crippen LogP contribution in [0.25, 0.3) is 6.08 Å². The van der Waals surface area contributed by atoms with E-state index in [0.717, 1.165) is 18.2 Å². The molecule has 1 aromatic carbocycles. The van der Waals surface area contributed by atoms with Gasteiger partial charge in [-0.2, -0.15) is 0 Å². The van der Waals surface area contributed by atoms with Crippen LogP contribution in [0.15, 0.2) is 29.2 Å². The van der Waals surface area contributed by atoms with Crippen LogP contribution in [0.4, 0.5) is 4.79 Å². The van der Waals surface area contributed by atoms with E-state index in [1.807, 2.05) is 13.0 Å².